The summed E-state index contributed by atoms with van der Waals surface area (Å²) in [4.78, 5) is 8.84. The summed E-state index contributed by atoms with van der Waals surface area (Å²) in [6.45, 7) is 5.05. The van der Waals surface area contributed by atoms with Crippen molar-refractivity contribution in [2.24, 2.45) is 0 Å². The molecular weight excluding hydrogens is 460 g/mol. The van der Waals surface area contributed by atoms with E-state index < -0.39 is 0 Å². The Morgan fingerprint density at radius 2 is 1.64 bits per heavy atom. The summed E-state index contributed by atoms with van der Waals surface area (Å²) in [5, 5.41) is 9.67. The Balaban J connectivity index is 1.17. The maximum absolute atomic E-state index is 4.72. The molecule has 2 aromatic heterocycles. The van der Waals surface area contributed by atoms with Crippen molar-refractivity contribution < 1.29 is 0 Å². The van der Waals surface area contributed by atoms with E-state index in [1.54, 1.807) is 0 Å². The third-order valence-electron chi connectivity index (χ3n) is 8.65. The lowest BCUT2D eigenvalue weighted by atomic mass is 9.90. The second kappa shape index (κ2) is 9.04. The zero-order chi connectivity index (χ0) is 24.1. The molecule has 1 atom stereocenters. The first kappa shape index (κ1) is 22.6. The second-order valence-corrected chi connectivity index (χ2v) is 12.6. The third kappa shape index (κ3) is 4.26. The maximum Gasteiger partial charge on any atom is 0.181 e. The molecule has 2 aromatic carbocycles. The highest BCUT2D eigenvalue weighted by Gasteiger charge is 2.34. The molecule has 3 aliphatic rings. The van der Waals surface area contributed by atoms with Gasteiger partial charge < -0.3 is 0 Å². The van der Waals surface area contributed by atoms with E-state index in [1.165, 1.54) is 90.7 Å². The van der Waals surface area contributed by atoms with Crippen LogP contribution in [-0.4, -0.2) is 44.0 Å². The van der Waals surface area contributed by atoms with E-state index in [2.05, 4.69) is 70.6 Å². The van der Waals surface area contributed by atoms with Crippen LogP contribution in [0.15, 0.2) is 59.6 Å². The van der Waals surface area contributed by atoms with Crippen LogP contribution in [0.25, 0.3) is 33.4 Å². The number of rotatable bonds is 5. The van der Waals surface area contributed by atoms with Gasteiger partial charge in [0.15, 0.2) is 5.65 Å². The van der Waals surface area contributed by atoms with E-state index in [4.69, 9.17) is 4.98 Å². The van der Waals surface area contributed by atoms with Crippen LogP contribution in [0, 0.1) is 0 Å². The normalized spacial score (nSPS) is 22.6. The predicted octanol–water partition coefficient (Wildman–Crippen LogP) is 7.28. The second-order valence-electron chi connectivity index (χ2n) is 11.2. The third-order valence-corrected chi connectivity index (χ3v) is 10.0. The lowest BCUT2D eigenvalue weighted by molar-refractivity contribution is 0.118. The van der Waals surface area contributed by atoms with Gasteiger partial charge in [0, 0.05) is 38.4 Å². The summed E-state index contributed by atoms with van der Waals surface area (Å²) in [5.41, 5.74) is 8.82. The molecular formula is C31H34N4S. The van der Waals surface area contributed by atoms with Crippen LogP contribution in [0.1, 0.15) is 56.6 Å². The molecule has 5 heteroatoms. The lowest BCUT2D eigenvalue weighted by Gasteiger charge is -2.38. The summed E-state index contributed by atoms with van der Waals surface area (Å²) in [7, 11) is 0. The van der Waals surface area contributed by atoms with E-state index in [0.29, 0.717) is 5.54 Å². The van der Waals surface area contributed by atoms with Gasteiger partial charge in [-0.05, 0) is 106 Å². The lowest BCUT2D eigenvalue weighted by Crippen LogP contribution is -2.44. The molecule has 1 N–H and O–H groups in total. The van der Waals surface area contributed by atoms with Crippen LogP contribution in [-0.2, 0) is 12.8 Å². The number of benzene rings is 2. The van der Waals surface area contributed by atoms with Crippen molar-refractivity contribution >= 4 is 22.8 Å². The Bertz CT molecular complexity index is 1400. The average Bonchev–Trinajstić information content (AvgIpc) is 3.41. The smallest absolute Gasteiger partial charge is 0.181 e. The molecule has 3 heterocycles. The number of hydrogen-bond donors (Lipinski definition) is 1. The van der Waals surface area contributed by atoms with Gasteiger partial charge in [-0.25, -0.2) is 4.98 Å². The quantitative estimate of drug-likeness (QED) is 0.296. The molecule has 4 nitrogen and oxygen atoms in total. The first-order chi connectivity index (χ1) is 17.6. The molecule has 7 rings (SSSR count). The Hall–Kier alpha value is -2.63. The number of likely N-dealkylation sites (tertiary alicyclic amines) is 1. The van der Waals surface area contributed by atoms with Gasteiger partial charge in [0.2, 0.25) is 0 Å². The predicted molar refractivity (Wildman–Crippen MR) is 149 cm³/mol. The number of aromatic amines is 1. The number of H-pyrrole nitrogens is 1. The highest BCUT2D eigenvalue weighted by Crippen LogP contribution is 2.40. The van der Waals surface area contributed by atoms with Crippen LogP contribution in [0.4, 0.5) is 0 Å². The van der Waals surface area contributed by atoms with Gasteiger partial charge in [-0.2, -0.15) is 5.10 Å². The molecule has 0 bridgehead atoms. The fourth-order valence-electron chi connectivity index (χ4n) is 6.14. The summed E-state index contributed by atoms with van der Waals surface area (Å²) < 4.78 is 0. The fraction of sp³-hybridized carbons (Fsp3) is 0.419. The van der Waals surface area contributed by atoms with Crippen LogP contribution in [0.3, 0.4) is 0 Å². The van der Waals surface area contributed by atoms with E-state index in [0.717, 1.165) is 28.4 Å². The molecule has 0 radical (unpaired) electrons. The number of nitrogens with one attached hydrogen (secondary N) is 1. The minimum absolute atomic E-state index is 0.342. The van der Waals surface area contributed by atoms with E-state index >= 15 is 0 Å². The maximum atomic E-state index is 4.72. The molecule has 1 saturated carbocycles. The van der Waals surface area contributed by atoms with Crippen LogP contribution in [0.2, 0.25) is 0 Å². The van der Waals surface area contributed by atoms with Gasteiger partial charge in [0.1, 0.15) is 0 Å². The SMILES string of the molecule is CC1(N2CCCC2)CCc2ccc(-c3cnc4n[nH]c(-c5ccc(SC6CC6)cc5)c4c3)cc2CC1. The van der Waals surface area contributed by atoms with Crippen molar-refractivity contribution in [2.45, 2.75) is 74.0 Å². The van der Waals surface area contributed by atoms with Crippen LogP contribution in [0.5, 0.6) is 0 Å². The van der Waals surface area contributed by atoms with Crippen LogP contribution < -0.4 is 0 Å². The van der Waals surface area contributed by atoms with Gasteiger partial charge in [-0.1, -0.05) is 30.3 Å². The Morgan fingerprint density at radius 3 is 2.42 bits per heavy atom. The van der Waals surface area contributed by atoms with Gasteiger partial charge in [-0.15, -0.1) is 11.8 Å². The molecule has 0 amide bonds. The van der Waals surface area contributed by atoms with Crippen molar-refractivity contribution in [1.29, 1.82) is 0 Å². The fourth-order valence-corrected chi connectivity index (χ4v) is 7.19. The largest absolute Gasteiger partial charge is 0.298 e. The van der Waals surface area contributed by atoms with Gasteiger partial charge in [0.05, 0.1) is 5.69 Å². The minimum atomic E-state index is 0.342. The number of nitrogens with zero attached hydrogens (tertiary/aromatic N) is 3. The molecule has 4 aromatic rings. The Labute approximate surface area is 217 Å². The first-order valence-electron chi connectivity index (χ1n) is 13.6. The van der Waals surface area contributed by atoms with Crippen molar-refractivity contribution in [3.63, 3.8) is 0 Å². The number of aromatic nitrogens is 3. The number of hydrogen-bond acceptors (Lipinski definition) is 4. The molecule has 0 spiro atoms. The molecule has 1 unspecified atom stereocenters. The van der Waals surface area contributed by atoms with E-state index in [-0.39, 0.29) is 0 Å². The first-order valence-corrected chi connectivity index (χ1v) is 14.5. The standard InChI is InChI=1S/C31H34N4S/c1-31(35-16-2-3-17-35)14-12-21-4-5-23(18-24(21)13-15-31)25-19-28-29(33-34-30(28)32-20-25)22-6-8-26(9-7-22)36-27-10-11-27/h4-9,18-20,27H,2-3,10-17H2,1H3,(H,32,33,34). The van der Waals surface area contributed by atoms with E-state index in [9.17, 15) is 0 Å². The van der Waals surface area contributed by atoms with Crippen molar-refractivity contribution in [3.8, 4) is 22.4 Å². The van der Waals surface area contributed by atoms with Crippen molar-refractivity contribution in [2.75, 3.05) is 13.1 Å². The van der Waals surface area contributed by atoms with Crippen LogP contribution >= 0.6 is 11.8 Å². The minimum Gasteiger partial charge on any atom is -0.298 e. The average molecular weight is 495 g/mol. The summed E-state index contributed by atoms with van der Waals surface area (Å²) in [5.74, 6) is 0. The number of thioether (sulfide) groups is 1. The highest BCUT2D eigenvalue weighted by molar-refractivity contribution is 8.00. The number of pyridine rings is 1. The van der Waals surface area contributed by atoms with Gasteiger partial charge in [-0.3, -0.25) is 10.00 Å². The van der Waals surface area contributed by atoms with Gasteiger partial charge >= 0.3 is 0 Å². The van der Waals surface area contributed by atoms with Gasteiger partial charge in [0.25, 0.3) is 0 Å². The molecule has 1 aliphatic heterocycles. The monoisotopic (exact) mass is 494 g/mol. The zero-order valence-electron chi connectivity index (χ0n) is 21.1. The highest BCUT2D eigenvalue weighted by atomic mass is 32.2. The van der Waals surface area contributed by atoms with E-state index in [1.807, 2.05) is 18.0 Å². The molecule has 36 heavy (non-hydrogen) atoms. The molecule has 2 fully saturated rings. The zero-order valence-corrected chi connectivity index (χ0v) is 21.9. The Kier molecular flexibility index (Phi) is 5.66. The molecule has 1 saturated heterocycles. The topological polar surface area (TPSA) is 44.8 Å². The Morgan fingerprint density at radius 1 is 0.889 bits per heavy atom. The summed E-state index contributed by atoms with van der Waals surface area (Å²) in [6.07, 6.45) is 12.3. The number of aryl methyl sites for hydroxylation is 2. The summed E-state index contributed by atoms with van der Waals surface area (Å²) >= 11 is 2.00. The molecule has 2 aliphatic carbocycles. The van der Waals surface area contributed by atoms with Crippen molar-refractivity contribution in [1.82, 2.24) is 20.1 Å². The molecule has 184 valence electrons. The summed E-state index contributed by atoms with van der Waals surface area (Å²) in [6, 6.07) is 18.3. The van der Waals surface area contributed by atoms with Crippen molar-refractivity contribution in [3.05, 3.63) is 65.9 Å². The number of fused-ring (bicyclic) bond motifs is 2.